The Hall–Kier alpha value is -0.500. The molecule has 0 aromatic carbocycles. The van der Waals surface area contributed by atoms with Gasteiger partial charge in [-0.15, -0.1) is 0 Å². The van der Waals surface area contributed by atoms with Crippen LogP contribution >= 0.6 is 0 Å². The minimum Gasteiger partial charge on any atom is -0.402 e. The van der Waals surface area contributed by atoms with Crippen LogP contribution in [0.4, 0.5) is 0 Å². The van der Waals surface area contributed by atoms with E-state index in [0.717, 1.165) is 18.5 Å². The summed E-state index contributed by atoms with van der Waals surface area (Å²) in [4.78, 5) is 0. The number of nitrogens with two attached hydrogens (primary N) is 1. The third kappa shape index (κ3) is 1.74. The Morgan fingerprint density at radius 3 is 2.70 bits per heavy atom. The van der Waals surface area contributed by atoms with Crippen molar-refractivity contribution >= 4 is 0 Å². The van der Waals surface area contributed by atoms with Gasteiger partial charge < -0.3 is 10.8 Å². The van der Waals surface area contributed by atoms with E-state index in [4.69, 9.17) is 5.73 Å². The molecule has 0 aromatic rings. The zero-order valence-electron chi connectivity index (χ0n) is 6.59. The average Bonchev–Trinajstić information content (AvgIpc) is 1.54. The Morgan fingerprint density at radius 1 is 1.70 bits per heavy atom. The number of hydrogen-bond donors (Lipinski definition) is 2. The summed E-state index contributed by atoms with van der Waals surface area (Å²) in [5.74, 6) is 0. The molecule has 0 bridgehead atoms. The van der Waals surface area contributed by atoms with Gasteiger partial charge >= 0.3 is 0 Å². The summed E-state index contributed by atoms with van der Waals surface area (Å²) >= 11 is 0. The van der Waals surface area contributed by atoms with Crippen molar-refractivity contribution in [1.82, 2.24) is 0 Å². The van der Waals surface area contributed by atoms with E-state index in [2.05, 4.69) is 13.8 Å². The lowest BCUT2D eigenvalue weighted by atomic mass is 9.78. The molecule has 0 amide bonds. The zero-order chi connectivity index (χ0) is 7.78. The highest BCUT2D eigenvalue weighted by Crippen LogP contribution is 2.33. The first-order valence-corrected chi connectivity index (χ1v) is 3.64. The van der Waals surface area contributed by atoms with Crippen LogP contribution in [0.5, 0.6) is 0 Å². The van der Waals surface area contributed by atoms with Crippen molar-refractivity contribution in [2.75, 3.05) is 0 Å². The third-order valence-electron chi connectivity index (χ3n) is 1.85. The predicted molar refractivity (Wildman–Crippen MR) is 41.3 cm³/mol. The standard InChI is InChI=1S/C8H15NO/c1-8(2)4-6(9)3-7(10)5-8/h3,7,10H,4-5,9H2,1-2H3. The maximum absolute atomic E-state index is 9.26. The summed E-state index contributed by atoms with van der Waals surface area (Å²) in [6, 6.07) is 0. The van der Waals surface area contributed by atoms with Crippen LogP contribution in [0.3, 0.4) is 0 Å². The van der Waals surface area contributed by atoms with Gasteiger partial charge in [0.1, 0.15) is 0 Å². The van der Waals surface area contributed by atoms with Crippen molar-refractivity contribution in [3.05, 3.63) is 11.8 Å². The molecular formula is C8H15NO. The Labute approximate surface area is 61.7 Å². The Bertz CT molecular complexity index is 161. The molecule has 0 aliphatic heterocycles. The smallest absolute Gasteiger partial charge is 0.0745 e. The Balaban J connectivity index is 2.70. The molecule has 1 rings (SSSR count). The number of aliphatic hydroxyl groups excluding tert-OH is 1. The van der Waals surface area contributed by atoms with Gasteiger partial charge in [0.05, 0.1) is 6.10 Å². The highest BCUT2D eigenvalue weighted by atomic mass is 16.3. The number of rotatable bonds is 0. The third-order valence-corrected chi connectivity index (χ3v) is 1.85. The molecule has 0 heterocycles. The van der Waals surface area contributed by atoms with Gasteiger partial charge in [0.25, 0.3) is 0 Å². The second kappa shape index (κ2) is 2.27. The highest BCUT2D eigenvalue weighted by molar-refractivity contribution is 5.08. The summed E-state index contributed by atoms with van der Waals surface area (Å²) in [7, 11) is 0. The minimum atomic E-state index is -0.330. The maximum Gasteiger partial charge on any atom is 0.0745 e. The van der Waals surface area contributed by atoms with Crippen LogP contribution in [0.15, 0.2) is 11.8 Å². The summed E-state index contributed by atoms with van der Waals surface area (Å²) in [6.45, 7) is 4.24. The van der Waals surface area contributed by atoms with E-state index in [1.807, 2.05) is 0 Å². The molecule has 0 saturated carbocycles. The number of aliphatic hydroxyl groups is 1. The van der Waals surface area contributed by atoms with E-state index >= 15 is 0 Å². The van der Waals surface area contributed by atoms with E-state index in [1.54, 1.807) is 6.08 Å². The van der Waals surface area contributed by atoms with Crippen molar-refractivity contribution in [1.29, 1.82) is 0 Å². The van der Waals surface area contributed by atoms with Crippen molar-refractivity contribution in [3.63, 3.8) is 0 Å². The lowest BCUT2D eigenvalue weighted by molar-refractivity contribution is 0.138. The van der Waals surface area contributed by atoms with Crippen LogP contribution in [0.2, 0.25) is 0 Å². The van der Waals surface area contributed by atoms with E-state index in [1.165, 1.54) is 0 Å². The zero-order valence-corrected chi connectivity index (χ0v) is 6.59. The molecule has 3 N–H and O–H groups in total. The quantitative estimate of drug-likeness (QED) is 0.529. The molecule has 1 atom stereocenters. The van der Waals surface area contributed by atoms with Gasteiger partial charge in [-0.3, -0.25) is 0 Å². The second-order valence-electron chi connectivity index (χ2n) is 3.85. The highest BCUT2D eigenvalue weighted by Gasteiger charge is 2.26. The molecule has 2 nitrogen and oxygen atoms in total. The molecule has 0 radical (unpaired) electrons. The molecule has 2 heteroatoms. The molecule has 1 aliphatic carbocycles. The maximum atomic E-state index is 9.26. The van der Waals surface area contributed by atoms with Crippen LogP contribution in [0.1, 0.15) is 26.7 Å². The largest absolute Gasteiger partial charge is 0.402 e. The van der Waals surface area contributed by atoms with Gasteiger partial charge in [-0.1, -0.05) is 13.8 Å². The number of allylic oxidation sites excluding steroid dienone is 1. The van der Waals surface area contributed by atoms with E-state index in [9.17, 15) is 5.11 Å². The summed E-state index contributed by atoms with van der Waals surface area (Å²) in [5.41, 5.74) is 6.60. The summed E-state index contributed by atoms with van der Waals surface area (Å²) in [5, 5.41) is 9.26. The molecule has 0 aromatic heterocycles. The molecule has 1 unspecified atom stereocenters. The molecule has 0 saturated heterocycles. The summed E-state index contributed by atoms with van der Waals surface area (Å²) < 4.78 is 0. The first-order valence-electron chi connectivity index (χ1n) is 3.64. The molecule has 0 spiro atoms. The monoisotopic (exact) mass is 141 g/mol. The molecular weight excluding hydrogens is 126 g/mol. The molecule has 1 aliphatic rings. The van der Waals surface area contributed by atoms with Gasteiger partial charge in [-0.2, -0.15) is 0 Å². The Kier molecular flexibility index (Phi) is 1.73. The van der Waals surface area contributed by atoms with Crippen LogP contribution in [-0.2, 0) is 0 Å². The van der Waals surface area contributed by atoms with Crippen LogP contribution in [0, 0.1) is 5.41 Å². The van der Waals surface area contributed by atoms with E-state index in [-0.39, 0.29) is 11.5 Å². The topological polar surface area (TPSA) is 46.2 Å². The lowest BCUT2D eigenvalue weighted by Crippen LogP contribution is -2.27. The van der Waals surface area contributed by atoms with Gasteiger partial charge in [-0.25, -0.2) is 0 Å². The second-order valence-corrected chi connectivity index (χ2v) is 3.85. The van der Waals surface area contributed by atoms with Crippen molar-refractivity contribution in [2.24, 2.45) is 11.1 Å². The van der Waals surface area contributed by atoms with Gasteiger partial charge in [0, 0.05) is 5.70 Å². The first kappa shape index (κ1) is 7.61. The lowest BCUT2D eigenvalue weighted by Gasteiger charge is -2.30. The van der Waals surface area contributed by atoms with Gasteiger partial charge in [-0.05, 0) is 24.3 Å². The average molecular weight is 141 g/mol. The fraction of sp³-hybridized carbons (Fsp3) is 0.750. The molecule has 10 heavy (non-hydrogen) atoms. The fourth-order valence-electron chi connectivity index (χ4n) is 1.56. The fourth-order valence-corrected chi connectivity index (χ4v) is 1.56. The van der Waals surface area contributed by atoms with Gasteiger partial charge in [0.15, 0.2) is 0 Å². The summed E-state index contributed by atoms with van der Waals surface area (Å²) in [6.07, 6.45) is 3.15. The van der Waals surface area contributed by atoms with E-state index in [0.29, 0.717) is 0 Å². The van der Waals surface area contributed by atoms with Crippen LogP contribution in [0.25, 0.3) is 0 Å². The normalized spacial score (nSPS) is 31.5. The SMILES string of the molecule is CC1(C)CC(N)=CC(O)C1. The van der Waals surface area contributed by atoms with E-state index < -0.39 is 0 Å². The van der Waals surface area contributed by atoms with Crippen molar-refractivity contribution < 1.29 is 5.11 Å². The Morgan fingerprint density at radius 2 is 2.30 bits per heavy atom. The molecule has 58 valence electrons. The van der Waals surface area contributed by atoms with Crippen LogP contribution in [-0.4, -0.2) is 11.2 Å². The first-order chi connectivity index (χ1) is 4.49. The molecule has 0 fully saturated rings. The predicted octanol–water partition coefficient (Wildman–Crippen LogP) is 1.01. The van der Waals surface area contributed by atoms with Crippen LogP contribution < -0.4 is 5.73 Å². The number of hydrogen-bond acceptors (Lipinski definition) is 2. The minimum absolute atomic E-state index is 0.179. The van der Waals surface area contributed by atoms with Gasteiger partial charge in [0.2, 0.25) is 0 Å². The van der Waals surface area contributed by atoms with Crippen molar-refractivity contribution in [2.45, 2.75) is 32.8 Å². The van der Waals surface area contributed by atoms with Crippen molar-refractivity contribution in [3.8, 4) is 0 Å².